The van der Waals surface area contributed by atoms with Gasteiger partial charge in [-0.2, -0.15) is 0 Å². The van der Waals surface area contributed by atoms with Crippen molar-refractivity contribution in [1.29, 1.82) is 0 Å². The molecule has 0 saturated heterocycles. The van der Waals surface area contributed by atoms with Gasteiger partial charge in [0.15, 0.2) is 0 Å². The zero-order chi connectivity index (χ0) is 14.9. The van der Waals surface area contributed by atoms with Gasteiger partial charge in [0, 0.05) is 13.6 Å². The number of carbonyl (C=O) groups is 2. The molecule has 1 saturated carbocycles. The molecule has 1 aliphatic rings. The highest BCUT2D eigenvalue weighted by Crippen LogP contribution is 2.38. The summed E-state index contributed by atoms with van der Waals surface area (Å²) in [7, 11) is 1.73. The number of nitrogens with zero attached hydrogens (tertiary/aromatic N) is 1. The number of anilines is 1. The Balaban J connectivity index is 2.07. The van der Waals surface area contributed by atoms with E-state index in [0.29, 0.717) is 29.6 Å². The number of carboxylic acids is 1. The van der Waals surface area contributed by atoms with Crippen molar-refractivity contribution in [3.05, 3.63) is 29.3 Å². The van der Waals surface area contributed by atoms with Crippen LogP contribution in [0.15, 0.2) is 18.2 Å². The molecule has 2 unspecified atom stereocenters. The molecule has 0 bridgehead atoms. The molecule has 0 aromatic heterocycles. The number of aryl methyl sites for hydroxylation is 1. The summed E-state index contributed by atoms with van der Waals surface area (Å²) in [5.74, 6) is 0.220. The van der Waals surface area contributed by atoms with Crippen LogP contribution in [0.4, 0.5) is 10.5 Å². The van der Waals surface area contributed by atoms with Gasteiger partial charge in [-0.1, -0.05) is 19.1 Å². The lowest BCUT2D eigenvalue weighted by Gasteiger charge is -2.19. The van der Waals surface area contributed by atoms with E-state index in [1.807, 2.05) is 0 Å². The van der Waals surface area contributed by atoms with E-state index in [4.69, 9.17) is 0 Å². The van der Waals surface area contributed by atoms with Gasteiger partial charge < -0.3 is 15.3 Å². The largest absolute Gasteiger partial charge is 0.478 e. The highest BCUT2D eigenvalue weighted by atomic mass is 16.4. The maximum Gasteiger partial charge on any atom is 0.338 e. The van der Waals surface area contributed by atoms with Gasteiger partial charge in [-0.05, 0) is 36.8 Å². The fourth-order valence-electron chi connectivity index (χ4n) is 2.35. The van der Waals surface area contributed by atoms with E-state index in [2.05, 4.69) is 12.2 Å². The Morgan fingerprint density at radius 3 is 2.65 bits per heavy atom. The molecule has 0 aliphatic heterocycles. The number of hydrogen-bond donors (Lipinski definition) is 2. The smallest absolute Gasteiger partial charge is 0.338 e. The van der Waals surface area contributed by atoms with E-state index in [1.54, 1.807) is 37.1 Å². The Bertz CT molecular complexity index is 542. The lowest BCUT2D eigenvalue weighted by molar-refractivity contribution is 0.0697. The summed E-state index contributed by atoms with van der Waals surface area (Å²) in [5.41, 5.74) is 1.13. The second-order valence-electron chi connectivity index (χ2n) is 5.59. The summed E-state index contributed by atoms with van der Waals surface area (Å²) in [5, 5.41) is 11.9. The summed E-state index contributed by atoms with van der Waals surface area (Å²) in [6.07, 6.45) is 1.16. The fraction of sp³-hybridized carbons (Fsp3) is 0.467. The number of carboxylic acid groups (broad SMARTS) is 1. The van der Waals surface area contributed by atoms with Crippen LogP contribution in [-0.4, -0.2) is 35.6 Å². The predicted molar refractivity (Wildman–Crippen MR) is 77.1 cm³/mol. The van der Waals surface area contributed by atoms with E-state index in [1.165, 1.54) is 0 Å². The molecule has 0 heterocycles. The average molecular weight is 276 g/mol. The summed E-state index contributed by atoms with van der Waals surface area (Å²) in [6, 6.07) is 4.80. The molecular weight excluding hydrogens is 256 g/mol. The lowest BCUT2D eigenvalue weighted by Crippen LogP contribution is -2.33. The average Bonchev–Trinajstić information content (AvgIpc) is 3.04. The molecule has 5 nitrogen and oxygen atoms in total. The minimum absolute atomic E-state index is 0.147. The number of urea groups is 1. The monoisotopic (exact) mass is 276 g/mol. The third-order valence-electron chi connectivity index (χ3n) is 3.86. The van der Waals surface area contributed by atoms with Crippen molar-refractivity contribution in [3.8, 4) is 0 Å². The number of hydrogen-bond acceptors (Lipinski definition) is 2. The van der Waals surface area contributed by atoms with Crippen LogP contribution < -0.4 is 5.32 Å². The standard InChI is InChI=1S/C15H20N2O3/c1-9-5-4-6-12(13(9)14(18)19)16-15(20)17(3)8-11-7-10(11)2/h4-6,10-11H,7-8H2,1-3H3,(H,16,20)(H,18,19). The van der Waals surface area contributed by atoms with E-state index < -0.39 is 5.97 Å². The third-order valence-corrected chi connectivity index (χ3v) is 3.86. The molecule has 2 amide bonds. The van der Waals surface area contributed by atoms with Crippen molar-refractivity contribution in [2.45, 2.75) is 20.3 Å². The molecule has 1 aliphatic carbocycles. The minimum Gasteiger partial charge on any atom is -0.478 e. The second-order valence-corrected chi connectivity index (χ2v) is 5.59. The highest BCUT2D eigenvalue weighted by molar-refractivity contribution is 6.01. The van der Waals surface area contributed by atoms with Crippen LogP contribution in [0.2, 0.25) is 0 Å². The molecule has 1 aromatic carbocycles. The van der Waals surface area contributed by atoms with E-state index in [9.17, 15) is 14.7 Å². The topological polar surface area (TPSA) is 69.6 Å². The van der Waals surface area contributed by atoms with Crippen molar-refractivity contribution in [2.75, 3.05) is 18.9 Å². The molecule has 1 fully saturated rings. The van der Waals surface area contributed by atoms with Gasteiger partial charge in [0.1, 0.15) is 0 Å². The number of carbonyl (C=O) groups excluding carboxylic acids is 1. The molecular formula is C15H20N2O3. The maximum atomic E-state index is 12.1. The third kappa shape index (κ3) is 3.10. The minimum atomic E-state index is -1.03. The molecule has 0 spiro atoms. The molecule has 2 rings (SSSR count). The van der Waals surface area contributed by atoms with Crippen LogP contribution in [0.5, 0.6) is 0 Å². The van der Waals surface area contributed by atoms with Crippen LogP contribution in [-0.2, 0) is 0 Å². The second kappa shape index (κ2) is 5.53. The zero-order valence-corrected chi connectivity index (χ0v) is 12.0. The van der Waals surface area contributed by atoms with Crippen LogP contribution >= 0.6 is 0 Å². The number of amides is 2. The summed E-state index contributed by atoms with van der Waals surface area (Å²) < 4.78 is 0. The Hall–Kier alpha value is -2.04. The maximum absolute atomic E-state index is 12.1. The molecule has 0 radical (unpaired) electrons. The van der Waals surface area contributed by atoms with Gasteiger partial charge in [-0.25, -0.2) is 9.59 Å². The molecule has 5 heteroatoms. The summed E-state index contributed by atoms with van der Waals surface area (Å²) >= 11 is 0. The molecule has 20 heavy (non-hydrogen) atoms. The predicted octanol–water partition coefficient (Wildman–Crippen LogP) is 2.81. The first-order chi connectivity index (χ1) is 9.40. The molecule has 1 aromatic rings. The number of benzene rings is 1. The molecule has 108 valence electrons. The van der Waals surface area contributed by atoms with Gasteiger partial charge >= 0.3 is 12.0 Å². The highest BCUT2D eigenvalue weighted by Gasteiger charge is 2.34. The summed E-state index contributed by atoms with van der Waals surface area (Å²) in [6.45, 7) is 4.59. The Morgan fingerprint density at radius 2 is 2.10 bits per heavy atom. The Labute approximate surface area is 118 Å². The van der Waals surface area contributed by atoms with Crippen LogP contribution in [0, 0.1) is 18.8 Å². The lowest BCUT2D eigenvalue weighted by atomic mass is 10.1. The number of rotatable bonds is 4. The first kappa shape index (κ1) is 14.4. The van der Waals surface area contributed by atoms with Gasteiger partial charge in [0.2, 0.25) is 0 Å². The van der Waals surface area contributed by atoms with Crippen molar-refractivity contribution in [2.24, 2.45) is 11.8 Å². The van der Waals surface area contributed by atoms with Crippen molar-refractivity contribution in [1.82, 2.24) is 4.90 Å². The van der Waals surface area contributed by atoms with Crippen molar-refractivity contribution < 1.29 is 14.7 Å². The van der Waals surface area contributed by atoms with Gasteiger partial charge in [-0.15, -0.1) is 0 Å². The van der Waals surface area contributed by atoms with Gasteiger partial charge in [0.25, 0.3) is 0 Å². The Kier molecular flexibility index (Phi) is 3.97. The quantitative estimate of drug-likeness (QED) is 0.888. The van der Waals surface area contributed by atoms with E-state index in [0.717, 1.165) is 6.42 Å². The van der Waals surface area contributed by atoms with Crippen LogP contribution in [0.3, 0.4) is 0 Å². The zero-order valence-electron chi connectivity index (χ0n) is 12.0. The van der Waals surface area contributed by atoms with Crippen molar-refractivity contribution in [3.63, 3.8) is 0 Å². The summed E-state index contributed by atoms with van der Waals surface area (Å²) in [4.78, 5) is 25.0. The van der Waals surface area contributed by atoms with Gasteiger partial charge in [0.05, 0.1) is 11.3 Å². The molecule has 2 N–H and O–H groups in total. The van der Waals surface area contributed by atoms with E-state index >= 15 is 0 Å². The van der Waals surface area contributed by atoms with Crippen LogP contribution in [0.1, 0.15) is 29.3 Å². The van der Waals surface area contributed by atoms with Crippen LogP contribution in [0.25, 0.3) is 0 Å². The number of nitrogens with one attached hydrogen (secondary N) is 1. The normalized spacial score (nSPS) is 20.4. The van der Waals surface area contributed by atoms with Crippen molar-refractivity contribution >= 4 is 17.7 Å². The fourth-order valence-corrected chi connectivity index (χ4v) is 2.35. The van der Waals surface area contributed by atoms with Gasteiger partial charge in [-0.3, -0.25) is 0 Å². The molecule has 2 atom stereocenters. The first-order valence-corrected chi connectivity index (χ1v) is 6.75. The van der Waals surface area contributed by atoms with E-state index in [-0.39, 0.29) is 11.6 Å². The Morgan fingerprint density at radius 1 is 1.45 bits per heavy atom. The number of aromatic carboxylic acids is 1. The SMILES string of the molecule is Cc1cccc(NC(=O)N(C)CC2CC2C)c1C(=O)O. The first-order valence-electron chi connectivity index (χ1n) is 6.75.